The van der Waals surface area contributed by atoms with Gasteiger partial charge in [-0.25, -0.2) is 4.39 Å². The van der Waals surface area contributed by atoms with Gasteiger partial charge in [-0.3, -0.25) is 0 Å². The van der Waals surface area contributed by atoms with Crippen LogP contribution in [0.1, 0.15) is 17.2 Å². The van der Waals surface area contributed by atoms with Gasteiger partial charge >= 0.3 is 0 Å². The lowest BCUT2D eigenvalue weighted by Gasteiger charge is -2.11. The van der Waals surface area contributed by atoms with E-state index in [1.165, 1.54) is 6.07 Å². The highest BCUT2D eigenvalue weighted by atomic mass is 35.5. The van der Waals surface area contributed by atoms with Gasteiger partial charge in [0.1, 0.15) is 5.82 Å². The average molecular weight is 251 g/mol. The molecule has 0 saturated carbocycles. The molecule has 0 spiro atoms. The Morgan fingerprint density at radius 1 is 1.12 bits per heavy atom. The van der Waals surface area contributed by atoms with E-state index >= 15 is 0 Å². The average Bonchev–Trinajstić information content (AvgIpc) is 2.35. The van der Waals surface area contributed by atoms with E-state index in [1.807, 2.05) is 30.3 Å². The molecular formula is C14H12ClFO. The largest absolute Gasteiger partial charge is 0.388 e. The molecule has 0 aliphatic rings. The highest BCUT2D eigenvalue weighted by Gasteiger charge is 2.09. The molecular weight excluding hydrogens is 239 g/mol. The molecule has 0 fully saturated rings. The van der Waals surface area contributed by atoms with E-state index in [9.17, 15) is 9.50 Å². The Balaban J connectivity index is 2.13. The summed E-state index contributed by atoms with van der Waals surface area (Å²) in [6.07, 6.45) is -0.179. The zero-order valence-electron chi connectivity index (χ0n) is 9.11. The third kappa shape index (κ3) is 3.05. The van der Waals surface area contributed by atoms with Gasteiger partial charge < -0.3 is 5.11 Å². The van der Waals surface area contributed by atoms with Crippen molar-refractivity contribution in [2.24, 2.45) is 0 Å². The van der Waals surface area contributed by atoms with Crippen LogP contribution in [0.15, 0.2) is 48.5 Å². The van der Waals surface area contributed by atoms with E-state index in [1.54, 1.807) is 12.1 Å². The third-order valence-corrected chi connectivity index (χ3v) is 2.89. The molecule has 1 N–H and O–H groups in total. The summed E-state index contributed by atoms with van der Waals surface area (Å²) < 4.78 is 13.0. The summed E-state index contributed by atoms with van der Waals surface area (Å²) in [7, 11) is 0. The monoisotopic (exact) mass is 250 g/mol. The van der Waals surface area contributed by atoms with E-state index < -0.39 is 11.9 Å². The highest BCUT2D eigenvalue weighted by Crippen LogP contribution is 2.21. The van der Waals surface area contributed by atoms with Gasteiger partial charge in [0.15, 0.2) is 0 Å². The summed E-state index contributed by atoms with van der Waals surface area (Å²) in [5, 5.41) is 10.1. The Labute approximate surface area is 104 Å². The number of aliphatic hydroxyl groups excluding tert-OH is 1. The van der Waals surface area contributed by atoms with Gasteiger partial charge in [-0.05, 0) is 23.3 Å². The number of hydrogen-bond acceptors (Lipinski definition) is 1. The zero-order valence-corrected chi connectivity index (χ0v) is 9.86. The normalized spacial score (nSPS) is 12.4. The van der Waals surface area contributed by atoms with Gasteiger partial charge in [0.2, 0.25) is 0 Å². The van der Waals surface area contributed by atoms with E-state index in [-0.39, 0.29) is 5.02 Å². The summed E-state index contributed by atoms with van der Waals surface area (Å²) in [5.74, 6) is -0.440. The maximum absolute atomic E-state index is 13.0. The lowest BCUT2D eigenvalue weighted by Crippen LogP contribution is -2.01. The molecule has 1 nitrogen and oxygen atoms in total. The quantitative estimate of drug-likeness (QED) is 0.880. The molecule has 0 radical (unpaired) electrons. The van der Waals surface area contributed by atoms with E-state index in [4.69, 9.17) is 11.6 Å². The van der Waals surface area contributed by atoms with Gasteiger partial charge in [-0.1, -0.05) is 48.0 Å². The summed E-state index contributed by atoms with van der Waals surface area (Å²) in [6.45, 7) is 0. The highest BCUT2D eigenvalue weighted by molar-refractivity contribution is 6.30. The van der Waals surface area contributed by atoms with Gasteiger partial charge in [0, 0.05) is 6.42 Å². The molecule has 0 bridgehead atoms. The van der Waals surface area contributed by atoms with Crippen LogP contribution < -0.4 is 0 Å². The van der Waals surface area contributed by atoms with Crippen LogP contribution >= 0.6 is 11.6 Å². The molecule has 1 atom stereocenters. The van der Waals surface area contributed by atoms with Crippen LogP contribution in [0.25, 0.3) is 0 Å². The topological polar surface area (TPSA) is 20.2 Å². The van der Waals surface area contributed by atoms with Crippen molar-refractivity contribution in [2.45, 2.75) is 12.5 Å². The lowest BCUT2D eigenvalue weighted by atomic mass is 10.0. The Bertz CT molecular complexity index is 499. The van der Waals surface area contributed by atoms with Crippen LogP contribution in [0.5, 0.6) is 0 Å². The van der Waals surface area contributed by atoms with Crippen LogP contribution in [-0.2, 0) is 6.42 Å². The van der Waals surface area contributed by atoms with Gasteiger partial charge in [0.05, 0.1) is 11.1 Å². The van der Waals surface area contributed by atoms with Gasteiger partial charge in [0.25, 0.3) is 0 Å². The van der Waals surface area contributed by atoms with Crippen molar-refractivity contribution in [3.05, 3.63) is 70.5 Å². The Morgan fingerprint density at radius 2 is 1.82 bits per heavy atom. The van der Waals surface area contributed by atoms with Crippen LogP contribution in [0, 0.1) is 5.82 Å². The predicted octanol–water partition coefficient (Wildman–Crippen LogP) is 3.76. The smallest absolute Gasteiger partial charge is 0.141 e. The SMILES string of the molecule is OC(Cc1ccc(F)c(Cl)c1)c1ccccc1. The number of rotatable bonds is 3. The lowest BCUT2D eigenvalue weighted by molar-refractivity contribution is 0.178. The molecule has 1 unspecified atom stereocenters. The minimum Gasteiger partial charge on any atom is -0.388 e. The second kappa shape index (κ2) is 5.30. The summed E-state index contributed by atoms with van der Waals surface area (Å²) in [4.78, 5) is 0. The number of aliphatic hydroxyl groups is 1. The number of hydrogen-bond donors (Lipinski definition) is 1. The first-order valence-electron chi connectivity index (χ1n) is 5.34. The van der Waals surface area contributed by atoms with Crippen LogP contribution in [0.2, 0.25) is 5.02 Å². The van der Waals surface area contributed by atoms with Crippen molar-refractivity contribution in [3.8, 4) is 0 Å². The van der Waals surface area contributed by atoms with Crippen LogP contribution in [0.4, 0.5) is 4.39 Å². The number of halogens is 2. The van der Waals surface area contributed by atoms with Crippen molar-refractivity contribution in [1.29, 1.82) is 0 Å². The summed E-state index contributed by atoms with van der Waals surface area (Å²) in [6, 6.07) is 13.8. The molecule has 2 rings (SSSR count). The molecule has 0 heterocycles. The fraction of sp³-hybridized carbons (Fsp3) is 0.143. The van der Waals surface area contributed by atoms with E-state index in [0.29, 0.717) is 6.42 Å². The second-order valence-electron chi connectivity index (χ2n) is 3.88. The molecule has 2 aromatic carbocycles. The van der Waals surface area contributed by atoms with Crippen LogP contribution in [-0.4, -0.2) is 5.11 Å². The van der Waals surface area contributed by atoms with E-state index in [2.05, 4.69) is 0 Å². The minimum atomic E-state index is -0.599. The fourth-order valence-electron chi connectivity index (χ4n) is 1.68. The van der Waals surface area contributed by atoms with Crippen molar-refractivity contribution < 1.29 is 9.50 Å². The second-order valence-corrected chi connectivity index (χ2v) is 4.29. The zero-order chi connectivity index (χ0) is 12.3. The molecule has 0 aliphatic carbocycles. The van der Waals surface area contributed by atoms with Crippen molar-refractivity contribution >= 4 is 11.6 Å². The first-order valence-corrected chi connectivity index (χ1v) is 5.71. The van der Waals surface area contributed by atoms with Crippen LogP contribution in [0.3, 0.4) is 0 Å². The molecule has 0 amide bonds. The van der Waals surface area contributed by atoms with Crippen molar-refractivity contribution in [1.82, 2.24) is 0 Å². The summed E-state index contributed by atoms with van der Waals surface area (Å²) >= 11 is 5.69. The molecule has 0 saturated heterocycles. The first-order chi connectivity index (χ1) is 8.16. The Kier molecular flexibility index (Phi) is 3.77. The van der Waals surface area contributed by atoms with Gasteiger partial charge in [-0.2, -0.15) is 0 Å². The maximum atomic E-state index is 13.0. The minimum absolute atomic E-state index is 0.0859. The third-order valence-electron chi connectivity index (χ3n) is 2.60. The van der Waals surface area contributed by atoms with Crippen molar-refractivity contribution in [3.63, 3.8) is 0 Å². The Hall–Kier alpha value is -1.38. The maximum Gasteiger partial charge on any atom is 0.141 e. The van der Waals surface area contributed by atoms with Gasteiger partial charge in [-0.15, -0.1) is 0 Å². The predicted molar refractivity (Wildman–Crippen MR) is 66.5 cm³/mol. The molecule has 88 valence electrons. The molecule has 3 heteroatoms. The van der Waals surface area contributed by atoms with E-state index in [0.717, 1.165) is 11.1 Å². The first kappa shape index (κ1) is 12.1. The molecule has 0 aromatic heterocycles. The summed E-state index contributed by atoms with van der Waals surface area (Å²) in [5.41, 5.74) is 1.65. The molecule has 2 aromatic rings. The fourth-order valence-corrected chi connectivity index (χ4v) is 1.89. The standard InChI is InChI=1S/C14H12ClFO/c15-12-8-10(6-7-13(12)16)9-14(17)11-4-2-1-3-5-11/h1-8,14,17H,9H2. The number of benzene rings is 2. The molecule has 0 aliphatic heterocycles. The molecule has 17 heavy (non-hydrogen) atoms. The van der Waals surface area contributed by atoms with Crippen molar-refractivity contribution in [2.75, 3.05) is 0 Å². The Morgan fingerprint density at radius 3 is 2.47 bits per heavy atom.